The molecule has 0 radical (unpaired) electrons. The Morgan fingerprint density at radius 1 is 1.17 bits per heavy atom. The Labute approximate surface area is 107 Å². The highest BCUT2D eigenvalue weighted by atomic mass is 19.3. The Kier molecular flexibility index (Phi) is 4.92. The first-order valence-electron chi connectivity index (χ1n) is 6.95. The number of piperidine rings is 1. The van der Waals surface area contributed by atoms with Crippen LogP contribution in [0.15, 0.2) is 0 Å². The van der Waals surface area contributed by atoms with Crippen molar-refractivity contribution < 1.29 is 13.6 Å². The molecule has 1 saturated carbocycles. The van der Waals surface area contributed by atoms with Gasteiger partial charge in [-0.2, -0.15) is 0 Å². The van der Waals surface area contributed by atoms with Gasteiger partial charge in [-0.05, 0) is 38.8 Å². The lowest BCUT2D eigenvalue weighted by Gasteiger charge is -2.31. The number of nitrogens with zero attached hydrogens (tertiary/aromatic N) is 1. The second-order valence-corrected chi connectivity index (χ2v) is 5.50. The third-order valence-electron chi connectivity index (χ3n) is 4.08. The maximum absolute atomic E-state index is 12.5. The van der Waals surface area contributed by atoms with E-state index >= 15 is 0 Å². The van der Waals surface area contributed by atoms with E-state index in [0.717, 1.165) is 12.8 Å². The normalized spacial score (nSPS) is 23.7. The van der Waals surface area contributed by atoms with Gasteiger partial charge >= 0.3 is 0 Å². The van der Waals surface area contributed by atoms with Crippen molar-refractivity contribution in [2.75, 3.05) is 19.6 Å². The number of halogens is 2. The van der Waals surface area contributed by atoms with E-state index in [2.05, 4.69) is 5.32 Å². The summed E-state index contributed by atoms with van der Waals surface area (Å²) in [4.78, 5) is 13.8. The molecule has 1 heterocycles. The van der Waals surface area contributed by atoms with E-state index in [0.29, 0.717) is 38.5 Å². The molecule has 18 heavy (non-hydrogen) atoms. The highest BCUT2D eigenvalue weighted by Crippen LogP contribution is 2.23. The molecule has 1 N–H and O–H groups in total. The van der Waals surface area contributed by atoms with Crippen molar-refractivity contribution in [1.29, 1.82) is 0 Å². The molecule has 0 unspecified atom stereocenters. The van der Waals surface area contributed by atoms with E-state index in [1.54, 1.807) is 0 Å². The van der Waals surface area contributed by atoms with Gasteiger partial charge in [0, 0.05) is 12.0 Å². The summed E-state index contributed by atoms with van der Waals surface area (Å²) in [5, 5.41) is 3.03. The summed E-state index contributed by atoms with van der Waals surface area (Å²) in [5.74, 6) is -0.420. The van der Waals surface area contributed by atoms with Gasteiger partial charge in [-0.1, -0.05) is 12.8 Å². The predicted molar refractivity (Wildman–Crippen MR) is 65.6 cm³/mol. The molecule has 0 bridgehead atoms. The largest absolute Gasteiger partial charge is 0.352 e. The Morgan fingerprint density at radius 3 is 2.33 bits per heavy atom. The number of likely N-dealkylation sites (tertiary alicyclic amines) is 1. The fourth-order valence-corrected chi connectivity index (χ4v) is 2.91. The zero-order chi connectivity index (χ0) is 13.0. The van der Waals surface area contributed by atoms with Crippen LogP contribution >= 0.6 is 0 Å². The van der Waals surface area contributed by atoms with Crippen molar-refractivity contribution in [3.8, 4) is 0 Å². The van der Waals surface area contributed by atoms with E-state index in [1.807, 2.05) is 4.90 Å². The minimum atomic E-state index is -2.21. The van der Waals surface area contributed by atoms with Gasteiger partial charge in [0.2, 0.25) is 12.3 Å². The summed E-state index contributed by atoms with van der Waals surface area (Å²) < 4.78 is 25.0. The molecular weight excluding hydrogens is 238 g/mol. The van der Waals surface area contributed by atoms with Crippen molar-refractivity contribution >= 4 is 5.91 Å². The first kappa shape index (κ1) is 13.7. The Morgan fingerprint density at radius 2 is 1.78 bits per heavy atom. The minimum Gasteiger partial charge on any atom is -0.352 e. The summed E-state index contributed by atoms with van der Waals surface area (Å²) in [6.07, 6.45) is 3.37. The molecule has 104 valence electrons. The van der Waals surface area contributed by atoms with E-state index in [9.17, 15) is 13.6 Å². The summed E-state index contributed by atoms with van der Waals surface area (Å²) in [6, 6.07) is 0.344. The molecule has 0 atom stereocenters. The van der Waals surface area contributed by atoms with Crippen LogP contribution in [0.5, 0.6) is 0 Å². The van der Waals surface area contributed by atoms with E-state index in [-0.39, 0.29) is 5.91 Å². The Bertz CT molecular complexity index is 272. The van der Waals surface area contributed by atoms with Gasteiger partial charge < -0.3 is 5.32 Å². The Hall–Kier alpha value is -0.710. The molecule has 0 aromatic heterocycles. The van der Waals surface area contributed by atoms with Gasteiger partial charge in [-0.3, -0.25) is 9.69 Å². The molecule has 1 aliphatic heterocycles. The molecule has 2 rings (SSSR count). The first-order valence-corrected chi connectivity index (χ1v) is 6.95. The van der Waals surface area contributed by atoms with Crippen LogP contribution in [0.1, 0.15) is 38.5 Å². The van der Waals surface area contributed by atoms with Crippen LogP contribution in [0.2, 0.25) is 0 Å². The first-order chi connectivity index (χ1) is 8.65. The standard InChI is InChI=1S/C13H22F2N2O/c14-13(15)10-5-7-17(8-6-10)9-12(18)16-11-3-1-2-4-11/h10-11,13H,1-9H2,(H,16,18). The fraction of sp³-hybridized carbons (Fsp3) is 0.923. The molecule has 3 nitrogen and oxygen atoms in total. The van der Waals surface area contributed by atoms with Gasteiger partial charge in [0.1, 0.15) is 0 Å². The monoisotopic (exact) mass is 260 g/mol. The number of hydrogen-bond acceptors (Lipinski definition) is 2. The topological polar surface area (TPSA) is 32.3 Å². The molecule has 5 heteroatoms. The third-order valence-corrected chi connectivity index (χ3v) is 4.08. The van der Waals surface area contributed by atoms with Gasteiger partial charge in [0.05, 0.1) is 6.54 Å². The van der Waals surface area contributed by atoms with Crippen LogP contribution in [-0.2, 0) is 4.79 Å². The van der Waals surface area contributed by atoms with Crippen molar-refractivity contribution in [2.45, 2.75) is 51.0 Å². The van der Waals surface area contributed by atoms with Crippen LogP contribution in [0.3, 0.4) is 0 Å². The molecule has 0 aromatic rings. The maximum atomic E-state index is 12.5. The molecule has 2 fully saturated rings. The molecule has 2 aliphatic rings. The summed E-state index contributed by atoms with van der Waals surface area (Å²) >= 11 is 0. The van der Waals surface area contributed by atoms with Crippen LogP contribution in [0.4, 0.5) is 8.78 Å². The van der Waals surface area contributed by atoms with Crippen molar-refractivity contribution in [3.63, 3.8) is 0 Å². The van der Waals surface area contributed by atoms with Crippen molar-refractivity contribution in [2.24, 2.45) is 5.92 Å². The lowest BCUT2D eigenvalue weighted by Crippen LogP contribution is -2.44. The smallest absolute Gasteiger partial charge is 0.241 e. The molecule has 1 saturated heterocycles. The van der Waals surface area contributed by atoms with E-state index in [4.69, 9.17) is 0 Å². The second kappa shape index (κ2) is 6.45. The highest BCUT2D eigenvalue weighted by molar-refractivity contribution is 5.78. The van der Waals surface area contributed by atoms with E-state index < -0.39 is 12.3 Å². The molecule has 1 amide bonds. The van der Waals surface area contributed by atoms with Crippen LogP contribution < -0.4 is 5.32 Å². The van der Waals surface area contributed by atoms with Gasteiger partial charge in [-0.25, -0.2) is 8.78 Å². The summed E-state index contributed by atoms with van der Waals surface area (Å²) in [7, 11) is 0. The van der Waals surface area contributed by atoms with Crippen molar-refractivity contribution in [3.05, 3.63) is 0 Å². The minimum absolute atomic E-state index is 0.0531. The zero-order valence-corrected chi connectivity index (χ0v) is 10.7. The van der Waals surface area contributed by atoms with Crippen LogP contribution in [0, 0.1) is 5.92 Å². The Balaban J connectivity index is 1.66. The van der Waals surface area contributed by atoms with Crippen LogP contribution in [-0.4, -0.2) is 42.9 Å². The number of alkyl halides is 2. The number of rotatable bonds is 4. The molecule has 0 aromatic carbocycles. The predicted octanol–water partition coefficient (Wildman–Crippen LogP) is 2.02. The highest BCUT2D eigenvalue weighted by Gasteiger charge is 2.27. The maximum Gasteiger partial charge on any atom is 0.241 e. The number of nitrogens with one attached hydrogen (secondary N) is 1. The quantitative estimate of drug-likeness (QED) is 0.838. The van der Waals surface area contributed by atoms with Crippen molar-refractivity contribution in [1.82, 2.24) is 10.2 Å². The van der Waals surface area contributed by atoms with Gasteiger partial charge in [-0.15, -0.1) is 0 Å². The SMILES string of the molecule is O=C(CN1CCC(C(F)F)CC1)NC1CCCC1. The van der Waals surface area contributed by atoms with Crippen LogP contribution in [0.25, 0.3) is 0 Å². The summed E-state index contributed by atoms with van der Waals surface area (Å²) in [5.41, 5.74) is 0. The molecular formula is C13H22F2N2O. The number of carbonyl (C=O) groups excluding carboxylic acids is 1. The number of hydrogen-bond donors (Lipinski definition) is 1. The molecule has 0 spiro atoms. The second-order valence-electron chi connectivity index (χ2n) is 5.50. The number of carbonyl (C=O) groups is 1. The zero-order valence-electron chi connectivity index (χ0n) is 10.7. The lowest BCUT2D eigenvalue weighted by atomic mass is 9.97. The fourth-order valence-electron chi connectivity index (χ4n) is 2.91. The average molecular weight is 260 g/mol. The van der Waals surface area contributed by atoms with E-state index in [1.165, 1.54) is 12.8 Å². The van der Waals surface area contributed by atoms with Gasteiger partial charge in [0.15, 0.2) is 0 Å². The molecule has 1 aliphatic carbocycles. The summed E-state index contributed by atoms with van der Waals surface area (Å²) in [6.45, 7) is 1.60. The third kappa shape index (κ3) is 3.90. The van der Waals surface area contributed by atoms with Gasteiger partial charge in [0.25, 0.3) is 0 Å². The average Bonchev–Trinajstić information content (AvgIpc) is 2.82. The lowest BCUT2D eigenvalue weighted by molar-refractivity contribution is -0.123. The number of amides is 1.